The SMILES string of the molecule is Cc1ccncc1C(CN)NCCCCO. The van der Waals surface area contributed by atoms with Crippen molar-refractivity contribution in [3.05, 3.63) is 29.6 Å². The topological polar surface area (TPSA) is 71.2 Å². The lowest BCUT2D eigenvalue weighted by atomic mass is 10.0. The van der Waals surface area contributed by atoms with Crippen molar-refractivity contribution in [1.29, 1.82) is 0 Å². The van der Waals surface area contributed by atoms with Gasteiger partial charge in [0.2, 0.25) is 0 Å². The van der Waals surface area contributed by atoms with Gasteiger partial charge in [-0.1, -0.05) is 0 Å². The number of rotatable bonds is 7. The molecule has 4 N–H and O–H groups in total. The van der Waals surface area contributed by atoms with Crippen molar-refractivity contribution in [2.45, 2.75) is 25.8 Å². The van der Waals surface area contributed by atoms with Crippen LogP contribution in [0.1, 0.15) is 30.0 Å². The maximum Gasteiger partial charge on any atom is 0.0462 e. The van der Waals surface area contributed by atoms with E-state index in [1.165, 1.54) is 5.56 Å². The molecule has 0 radical (unpaired) electrons. The van der Waals surface area contributed by atoms with Gasteiger partial charge in [-0.2, -0.15) is 0 Å². The van der Waals surface area contributed by atoms with Crippen LogP contribution in [0, 0.1) is 6.92 Å². The number of hydrogen-bond donors (Lipinski definition) is 3. The van der Waals surface area contributed by atoms with Gasteiger partial charge in [0.1, 0.15) is 0 Å². The molecule has 1 rings (SSSR count). The van der Waals surface area contributed by atoms with Gasteiger partial charge in [0.25, 0.3) is 0 Å². The molecule has 4 heteroatoms. The van der Waals surface area contributed by atoms with E-state index in [0.29, 0.717) is 6.54 Å². The Morgan fingerprint density at radius 1 is 1.50 bits per heavy atom. The second-order valence-electron chi connectivity index (χ2n) is 3.91. The fraction of sp³-hybridized carbons (Fsp3) is 0.583. The Morgan fingerprint density at radius 3 is 2.94 bits per heavy atom. The van der Waals surface area contributed by atoms with E-state index in [4.69, 9.17) is 10.8 Å². The highest BCUT2D eigenvalue weighted by Gasteiger charge is 2.10. The van der Waals surface area contributed by atoms with Gasteiger partial charge in [-0.25, -0.2) is 0 Å². The standard InChI is InChI=1S/C12H21N3O/c1-10-4-6-14-9-11(10)12(8-13)15-5-2-3-7-16/h4,6,9,12,15-16H,2-3,5,7-8,13H2,1H3. The molecule has 0 aromatic carbocycles. The Hall–Kier alpha value is -0.970. The maximum absolute atomic E-state index is 8.69. The van der Waals surface area contributed by atoms with Gasteiger partial charge < -0.3 is 16.2 Å². The van der Waals surface area contributed by atoms with Crippen LogP contribution in [0.2, 0.25) is 0 Å². The van der Waals surface area contributed by atoms with Crippen molar-refractivity contribution in [2.75, 3.05) is 19.7 Å². The Balaban J connectivity index is 2.51. The van der Waals surface area contributed by atoms with Gasteiger partial charge in [-0.3, -0.25) is 4.98 Å². The van der Waals surface area contributed by atoms with E-state index in [1.807, 2.05) is 12.3 Å². The minimum atomic E-state index is 0.160. The molecule has 1 atom stereocenters. The van der Waals surface area contributed by atoms with Gasteiger partial charge >= 0.3 is 0 Å². The molecule has 1 unspecified atom stereocenters. The number of aryl methyl sites for hydroxylation is 1. The lowest BCUT2D eigenvalue weighted by molar-refractivity contribution is 0.282. The summed E-state index contributed by atoms with van der Waals surface area (Å²) < 4.78 is 0. The Labute approximate surface area is 96.9 Å². The van der Waals surface area contributed by atoms with Crippen molar-refractivity contribution in [3.63, 3.8) is 0 Å². The van der Waals surface area contributed by atoms with Crippen LogP contribution in [-0.2, 0) is 0 Å². The molecule has 0 saturated heterocycles. The maximum atomic E-state index is 8.69. The van der Waals surface area contributed by atoms with Crippen molar-refractivity contribution < 1.29 is 5.11 Å². The monoisotopic (exact) mass is 223 g/mol. The predicted octanol–water partition coefficient (Wildman–Crippen LogP) is 0.752. The van der Waals surface area contributed by atoms with E-state index in [9.17, 15) is 0 Å². The average Bonchev–Trinajstić information content (AvgIpc) is 2.31. The molecule has 0 aliphatic heterocycles. The van der Waals surface area contributed by atoms with E-state index in [0.717, 1.165) is 24.9 Å². The molecular weight excluding hydrogens is 202 g/mol. The summed E-state index contributed by atoms with van der Waals surface area (Å²) in [5.74, 6) is 0. The number of aliphatic hydroxyl groups excluding tert-OH is 1. The molecule has 1 heterocycles. The second kappa shape index (κ2) is 7.33. The quantitative estimate of drug-likeness (QED) is 0.597. The Kier molecular flexibility index (Phi) is 6.00. The van der Waals surface area contributed by atoms with Crippen LogP contribution in [0.5, 0.6) is 0 Å². The zero-order chi connectivity index (χ0) is 11.8. The first-order valence-electron chi connectivity index (χ1n) is 5.74. The van der Waals surface area contributed by atoms with E-state index >= 15 is 0 Å². The zero-order valence-corrected chi connectivity index (χ0v) is 9.82. The summed E-state index contributed by atoms with van der Waals surface area (Å²) in [6.45, 7) is 3.75. The average molecular weight is 223 g/mol. The number of aromatic nitrogens is 1. The van der Waals surface area contributed by atoms with Crippen LogP contribution in [0.3, 0.4) is 0 Å². The highest BCUT2D eigenvalue weighted by atomic mass is 16.2. The van der Waals surface area contributed by atoms with Crippen LogP contribution >= 0.6 is 0 Å². The summed E-state index contributed by atoms with van der Waals surface area (Å²) in [4.78, 5) is 4.12. The van der Waals surface area contributed by atoms with Gasteiger partial charge in [0, 0.05) is 31.6 Å². The van der Waals surface area contributed by atoms with Crippen molar-refractivity contribution in [1.82, 2.24) is 10.3 Å². The predicted molar refractivity (Wildman–Crippen MR) is 65.1 cm³/mol. The third kappa shape index (κ3) is 3.89. The lowest BCUT2D eigenvalue weighted by Crippen LogP contribution is -2.29. The number of nitrogens with two attached hydrogens (primary N) is 1. The van der Waals surface area contributed by atoms with Crippen LogP contribution < -0.4 is 11.1 Å². The van der Waals surface area contributed by atoms with Crippen molar-refractivity contribution in [2.24, 2.45) is 5.73 Å². The molecule has 16 heavy (non-hydrogen) atoms. The molecule has 90 valence electrons. The third-order valence-electron chi connectivity index (χ3n) is 2.67. The fourth-order valence-electron chi connectivity index (χ4n) is 1.67. The van der Waals surface area contributed by atoms with Crippen LogP contribution in [0.15, 0.2) is 18.5 Å². The fourth-order valence-corrected chi connectivity index (χ4v) is 1.67. The molecule has 0 aliphatic rings. The highest BCUT2D eigenvalue weighted by molar-refractivity contribution is 5.25. The zero-order valence-electron chi connectivity index (χ0n) is 9.82. The summed E-state index contributed by atoms with van der Waals surface area (Å²) in [6, 6.07) is 2.15. The molecule has 0 spiro atoms. The third-order valence-corrected chi connectivity index (χ3v) is 2.67. The molecule has 1 aromatic rings. The van der Waals surface area contributed by atoms with Gasteiger partial charge in [-0.05, 0) is 43.5 Å². The molecule has 0 aliphatic carbocycles. The summed E-state index contributed by atoms with van der Waals surface area (Å²) in [5.41, 5.74) is 8.12. The Bertz CT molecular complexity index is 304. The number of hydrogen-bond acceptors (Lipinski definition) is 4. The van der Waals surface area contributed by atoms with Gasteiger partial charge in [-0.15, -0.1) is 0 Å². The second-order valence-corrected chi connectivity index (χ2v) is 3.91. The molecule has 0 bridgehead atoms. The molecule has 4 nitrogen and oxygen atoms in total. The van der Waals surface area contributed by atoms with E-state index in [2.05, 4.69) is 17.2 Å². The molecular formula is C12H21N3O. The van der Waals surface area contributed by atoms with E-state index in [-0.39, 0.29) is 12.6 Å². The first-order chi connectivity index (χ1) is 7.79. The van der Waals surface area contributed by atoms with E-state index in [1.54, 1.807) is 6.20 Å². The number of pyridine rings is 1. The van der Waals surface area contributed by atoms with Crippen molar-refractivity contribution in [3.8, 4) is 0 Å². The first kappa shape index (κ1) is 13.1. The van der Waals surface area contributed by atoms with Crippen LogP contribution in [0.25, 0.3) is 0 Å². The Morgan fingerprint density at radius 2 is 2.31 bits per heavy atom. The summed E-state index contributed by atoms with van der Waals surface area (Å²) in [6.07, 6.45) is 5.45. The summed E-state index contributed by atoms with van der Waals surface area (Å²) >= 11 is 0. The molecule has 0 amide bonds. The molecule has 0 fully saturated rings. The van der Waals surface area contributed by atoms with Gasteiger partial charge in [0.05, 0.1) is 0 Å². The number of nitrogens with zero attached hydrogens (tertiary/aromatic N) is 1. The van der Waals surface area contributed by atoms with Crippen molar-refractivity contribution >= 4 is 0 Å². The van der Waals surface area contributed by atoms with Gasteiger partial charge in [0.15, 0.2) is 0 Å². The number of unbranched alkanes of at least 4 members (excludes halogenated alkanes) is 1. The minimum Gasteiger partial charge on any atom is -0.396 e. The number of nitrogens with one attached hydrogen (secondary N) is 1. The van der Waals surface area contributed by atoms with Crippen LogP contribution in [-0.4, -0.2) is 29.8 Å². The molecule has 1 aromatic heterocycles. The lowest BCUT2D eigenvalue weighted by Gasteiger charge is -2.18. The normalized spacial score (nSPS) is 12.7. The summed E-state index contributed by atoms with van der Waals surface area (Å²) in [5, 5.41) is 12.1. The van der Waals surface area contributed by atoms with Crippen LogP contribution in [0.4, 0.5) is 0 Å². The highest BCUT2D eigenvalue weighted by Crippen LogP contribution is 2.14. The first-order valence-corrected chi connectivity index (χ1v) is 5.74. The number of aliphatic hydroxyl groups is 1. The summed E-state index contributed by atoms with van der Waals surface area (Å²) in [7, 11) is 0. The molecule has 0 saturated carbocycles. The smallest absolute Gasteiger partial charge is 0.0462 e. The largest absolute Gasteiger partial charge is 0.396 e. The minimum absolute atomic E-state index is 0.160. The van der Waals surface area contributed by atoms with E-state index < -0.39 is 0 Å².